The third-order valence-corrected chi connectivity index (χ3v) is 4.55. The predicted molar refractivity (Wildman–Crippen MR) is 102 cm³/mol. The Bertz CT molecular complexity index is 940. The second-order valence-corrected chi connectivity index (χ2v) is 6.70. The maximum atomic E-state index is 12.5. The van der Waals surface area contributed by atoms with Gasteiger partial charge in [0.25, 0.3) is 5.91 Å². The highest BCUT2D eigenvalue weighted by Gasteiger charge is 2.12. The lowest BCUT2D eigenvalue weighted by Gasteiger charge is -2.12. The zero-order valence-electron chi connectivity index (χ0n) is 15.4. The van der Waals surface area contributed by atoms with E-state index in [2.05, 4.69) is 48.2 Å². The van der Waals surface area contributed by atoms with Gasteiger partial charge in [0.05, 0.1) is 5.52 Å². The summed E-state index contributed by atoms with van der Waals surface area (Å²) in [6.07, 6.45) is 1.66. The predicted octanol–water partition coefficient (Wildman–Crippen LogP) is 3.48. The summed E-state index contributed by atoms with van der Waals surface area (Å²) in [7, 11) is 3.81. The van der Waals surface area contributed by atoms with Crippen LogP contribution in [0.4, 0.5) is 5.82 Å². The molecule has 0 aliphatic rings. The van der Waals surface area contributed by atoms with Gasteiger partial charge in [-0.25, -0.2) is 4.98 Å². The van der Waals surface area contributed by atoms with E-state index in [-0.39, 0.29) is 5.91 Å². The number of nitrogens with one attached hydrogen (secondary N) is 2. The number of aryl methyl sites for hydroxylation is 3. The summed E-state index contributed by atoms with van der Waals surface area (Å²) < 4.78 is 0. The molecule has 0 aliphatic carbocycles. The van der Waals surface area contributed by atoms with Crippen molar-refractivity contribution < 1.29 is 4.79 Å². The van der Waals surface area contributed by atoms with E-state index in [1.165, 1.54) is 16.5 Å². The lowest BCUT2D eigenvalue weighted by Crippen LogP contribution is -2.23. The summed E-state index contributed by atoms with van der Waals surface area (Å²) in [5.74, 6) is 0.668. The van der Waals surface area contributed by atoms with Gasteiger partial charge in [0.1, 0.15) is 5.82 Å². The average Bonchev–Trinajstić information content (AvgIpc) is 2.87. The number of rotatable bonds is 4. The van der Waals surface area contributed by atoms with Crippen molar-refractivity contribution in [2.24, 2.45) is 0 Å². The number of aromatic amines is 1. The Labute approximate surface area is 148 Å². The number of amides is 1. The molecule has 2 N–H and O–H groups in total. The number of fused-ring (bicyclic) bond motifs is 1. The first-order valence-electron chi connectivity index (χ1n) is 8.37. The molecule has 0 aliphatic heterocycles. The van der Waals surface area contributed by atoms with Crippen LogP contribution in [0.3, 0.4) is 0 Å². The minimum atomic E-state index is -0.0971. The Morgan fingerprint density at radius 2 is 1.96 bits per heavy atom. The van der Waals surface area contributed by atoms with Gasteiger partial charge in [-0.1, -0.05) is 11.6 Å². The highest BCUT2D eigenvalue weighted by molar-refractivity contribution is 5.95. The number of pyridine rings is 1. The first-order valence-corrected chi connectivity index (χ1v) is 8.37. The fourth-order valence-electron chi connectivity index (χ4n) is 3.01. The van der Waals surface area contributed by atoms with Gasteiger partial charge in [0, 0.05) is 43.5 Å². The molecule has 0 radical (unpaired) electrons. The molecule has 2 aromatic heterocycles. The Balaban J connectivity index is 1.84. The molecule has 5 nitrogen and oxygen atoms in total. The molecule has 25 heavy (non-hydrogen) atoms. The maximum absolute atomic E-state index is 12.5. The number of carbonyl (C=O) groups is 1. The summed E-state index contributed by atoms with van der Waals surface area (Å²) in [5.41, 5.74) is 6.43. The van der Waals surface area contributed by atoms with Gasteiger partial charge in [-0.15, -0.1) is 0 Å². The normalized spacial score (nSPS) is 10.9. The van der Waals surface area contributed by atoms with E-state index < -0.39 is 0 Å². The van der Waals surface area contributed by atoms with Crippen molar-refractivity contribution in [1.82, 2.24) is 15.3 Å². The van der Waals surface area contributed by atoms with Crippen LogP contribution in [0.15, 0.2) is 30.5 Å². The number of carbonyl (C=O) groups excluding carboxylic acids is 1. The number of H-pyrrole nitrogens is 1. The molecule has 0 spiro atoms. The summed E-state index contributed by atoms with van der Waals surface area (Å²) in [6, 6.07) is 7.84. The molecular formula is C20H24N4O. The quantitative estimate of drug-likeness (QED) is 0.767. The van der Waals surface area contributed by atoms with Crippen LogP contribution in [0.1, 0.15) is 32.7 Å². The minimum Gasteiger partial charge on any atom is -0.363 e. The van der Waals surface area contributed by atoms with Crippen molar-refractivity contribution in [3.63, 3.8) is 0 Å². The Morgan fingerprint density at radius 3 is 2.68 bits per heavy atom. The third-order valence-electron chi connectivity index (χ3n) is 4.55. The van der Waals surface area contributed by atoms with Gasteiger partial charge in [-0.3, -0.25) is 4.79 Å². The molecule has 0 saturated carbocycles. The molecule has 0 unspecified atom stereocenters. The van der Waals surface area contributed by atoms with Crippen LogP contribution >= 0.6 is 0 Å². The lowest BCUT2D eigenvalue weighted by atomic mass is 10.0. The number of hydrogen-bond donors (Lipinski definition) is 2. The van der Waals surface area contributed by atoms with Crippen molar-refractivity contribution in [2.45, 2.75) is 27.3 Å². The van der Waals surface area contributed by atoms with E-state index in [0.29, 0.717) is 12.1 Å². The number of anilines is 1. The van der Waals surface area contributed by atoms with E-state index in [4.69, 9.17) is 0 Å². The summed E-state index contributed by atoms with van der Waals surface area (Å²) >= 11 is 0. The van der Waals surface area contributed by atoms with Crippen LogP contribution in [0.2, 0.25) is 0 Å². The molecule has 1 aromatic carbocycles. The molecule has 1 amide bonds. The van der Waals surface area contributed by atoms with Gasteiger partial charge < -0.3 is 15.2 Å². The highest BCUT2D eigenvalue weighted by Crippen LogP contribution is 2.26. The zero-order chi connectivity index (χ0) is 18.1. The van der Waals surface area contributed by atoms with E-state index in [1.54, 1.807) is 18.3 Å². The van der Waals surface area contributed by atoms with Crippen LogP contribution in [-0.2, 0) is 6.54 Å². The molecule has 0 atom stereocenters. The van der Waals surface area contributed by atoms with Gasteiger partial charge in [0.2, 0.25) is 0 Å². The number of aromatic nitrogens is 2. The summed E-state index contributed by atoms with van der Waals surface area (Å²) in [6.45, 7) is 6.76. The van der Waals surface area contributed by atoms with Crippen molar-refractivity contribution >= 4 is 22.6 Å². The van der Waals surface area contributed by atoms with Crippen molar-refractivity contribution in [3.05, 3.63) is 58.4 Å². The lowest BCUT2D eigenvalue weighted by molar-refractivity contribution is 0.0951. The topological polar surface area (TPSA) is 61.0 Å². The summed E-state index contributed by atoms with van der Waals surface area (Å²) in [5, 5.41) is 4.25. The van der Waals surface area contributed by atoms with E-state index in [0.717, 1.165) is 22.6 Å². The SMILES string of the molecule is Cc1cc(CNC(=O)c2ccnc(N(C)C)c2)c2[nH]c(C)c(C)c2c1. The molecule has 3 aromatic rings. The zero-order valence-corrected chi connectivity index (χ0v) is 15.4. The Hall–Kier alpha value is -2.82. The van der Waals surface area contributed by atoms with Gasteiger partial charge in [-0.05, 0) is 50.1 Å². The molecule has 2 heterocycles. The number of hydrogen-bond acceptors (Lipinski definition) is 3. The van der Waals surface area contributed by atoms with E-state index in [9.17, 15) is 4.79 Å². The van der Waals surface area contributed by atoms with E-state index in [1.807, 2.05) is 19.0 Å². The first kappa shape index (κ1) is 17.0. The smallest absolute Gasteiger partial charge is 0.251 e. The van der Waals surface area contributed by atoms with Crippen molar-refractivity contribution in [3.8, 4) is 0 Å². The summed E-state index contributed by atoms with van der Waals surface area (Å²) in [4.78, 5) is 22.1. The minimum absolute atomic E-state index is 0.0971. The van der Waals surface area contributed by atoms with Gasteiger partial charge in [-0.2, -0.15) is 0 Å². The van der Waals surface area contributed by atoms with Gasteiger partial charge in [0.15, 0.2) is 0 Å². The second-order valence-electron chi connectivity index (χ2n) is 6.70. The van der Waals surface area contributed by atoms with Gasteiger partial charge >= 0.3 is 0 Å². The molecule has 0 fully saturated rings. The standard InChI is InChI=1S/C20H24N4O/c1-12-8-16(19-17(9-12)13(2)14(3)23-19)11-22-20(25)15-6-7-21-18(10-15)24(4)5/h6-10,23H,11H2,1-5H3,(H,22,25). The van der Waals surface area contributed by atoms with Crippen LogP contribution in [-0.4, -0.2) is 30.0 Å². The second kappa shape index (κ2) is 6.59. The van der Waals surface area contributed by atoms with Crippen LogP contribution in [0.25, 0.3) is 10.9 Å². The van der Waals surface area contributed by atoms with E-state index >= 15 is 0 Å². The maximum Gasteiger partial charge on any atom is 0.251 e. The van der Waals surface area contributed by atoms with Crippen molar-refractivity contribution in [1.29, 1.82) is 0 Å². The monoisotopic (exact) mass is 336 g/mol. The number of benzene rings is 1. The molecule has 130 valence electrons. The fourth-order valence-corrected chi connectivity index (χ4v) is 3.01. The highest BCUT2D eigenvalue weighted by atomic mass is 16.1. The largest absolute Gasteiger partial charge is 0.363 e. The molecule has 3 rings (SSSR count). The molecular weight excluding hydrogens is 312 g/mol. The Kier molecular flexibility index (Phi) is 4.49. The van der Waals surface area contributed by atoms with Crippen molar-refractivity contribution in [2.75, 3.05) is 19.0 Å². The fraction of sp³-hybridized carbons (Fsp3) is 0.300. The third kappa shape index (κ3) is 3.36. The molecule has 5 heteroatoms. The van der Waals surface area contributed by atoms with Crippen LogP contribution in [0.5, 0.6) is 0 Å². The average molecular weight is 336 g/mol. The number of nitrogens with zero attached hydrogens (tertiary/aromatic N) is 2. The Morgan fingerprint density at radius 1 is 1.20 bits per heavy atom. The molecule has 0 saturated heterocycles. The van der Waals surface area contributed by atoms with Crippen LogP contribution < -0.4 is 10.2 Å². The first-order chi connectivity index (χ1) is 11.9. The van der Waals surface area contributed by atoms with Crippen LogP contribution in [0, 0.1) is 20.8 Å². The molecule has 0 bridgehead atoms.